The first-order valence-electron chi connectivity index (χ1n) is 10.7. The van der Waals surface area contributed by atoms with Crippen molar-refractivity contribution >= 4 is 28.8 Å². The Labute approximate surface area is 196 Å². The number of methoxy groups -OCH3 is 1. The number of thioether (sulfide) groups is 1. The Balaban J connectivity index is 1.50. The van der Waals surface area contributed by atoms with Crippen LogP contribution in [0.25, 0.3) is 11.2 Å². The summed E-state index contributed by atoms with van der Waals surface area (Å²) in [5.41, 5.74) is 3.83. The van der Waals surface area contributed by atoms with Gasteiger partial charge >= 0.3 is 0 Å². The SMILES string of the molecule is COCCCNC(=O)c1ccc(Cn2c(SCc3ccccc3F)nc3cccnc32)cc1. The lowest BCUT2D eigenvalue weighted by Gasteiger charge is -2.10. The van der Waals surface area contributed by atoms with Crippen LogP contribution >= 0.6 is 11.8 Å². The van der Waals surface area contributed by atoms with E-state index < -0.39 is 0 Å². The maximum Gasteiger partial charge on any atom is 0.251 e. The van der Waals surface area contributed by atoms with E-state index in [2.05, 4.69) is 10.3 Å². The number of imidazole rings is 1. The second-order valence-corrected chi connectivity index (χ2v) is 8.45. The number of rotatable bonds is 10. The summed E-state index contributed by atoms with van der Waals surface area (Å²) < 4.78 is 21.1. The molecule has 0 spiro atoms. The number of carbonyl (C=O) groups is 1. The minimum Gasteiger partial charge on any atom is -0.385 e. The second kappa shape index (κ2) is 11.1. The minimum absolute atomic E-state index is 0.103. The van der Waals surface area contributed by atoms with E-state index in [-0.39, 0.29) is 11.7 Å². The smallest absolute Gasteiger partial charge is 0.251 e. The minimum atomic E-state index is -0.220. The molecule has 0 unspecified atom stereocenters. The largest absolute Gasteiger partial charge is 0.385 e. The van der Waals surface area contributed by atoms with Crippen molar-refractivity contribution in [3.05, 3.63) is 89.4 Å². The highest BCUT2D eigenvalue weighted by atomic mass is 32.2. The summed E-state index contributed by atoms with van der Waals surface area (Å²) in [7, 11) is 1.64. The van der Waals surface area contributed by atoms with E-state index in [1.807, 2.05) is 47.0 Å². The lowest BCUT2D eigenvalue weighted by molar-refractivity contribution is 0.0948. The maximum atomic E-state index is 14.1. The van der Waals surface area contributed by atoms with Gasteiger partial charge < -0.3 is 10.1 Å². The van der Waals surface area contributed by atoms with Gasteiger partial charge in [0.1, 0.15) is 11.3 Å². The fourth-order valence-electron chi connectivity index (χ4n) is 3.41. The van der Waals surface area contributed by atoms with Crippen LogP contribution in [0.1, 0.15) is 27.9 Å². The van der Waals surface area contributed by atoms with Gasteiger partial charge in [0.15, 0.2) is 10.8 Å². The zero-order valence-electron chi connectivity index (χ0n) is 18.3. The number of fused-ring (bicyclic) bond motifs is 1. The lowest BCUT2D eigenvalue weighted by Crippen LogP contribution is -2.25. The molecular formula is C25H25FN4O2S. The second-order valence-electron chi connectivity index (χ2n) is 7.51. The zero-order valence-corrected chi connectivity index (χ0v) is 19.1. The van der Waals surface area contributed by atoms with Gasteiger partial charge in [0, 0.05) is 37.8 Å². The van der Waals surface area contributed by atoms with E-state index in [1.54, 1.807) is 25.4 Å². The molecule has 170 valence electrons. The van der Waals surface area contributed by atoms with Crippen LogP contribution in [-0.4, -0.2) is 40.7 Å². The molecule has 0 fully saturated rings. The van der Waals surface area contributed by atoms with Crippen molar-refractivity contribution in [2.45, 2.75) is 23.9 Å². The van der Waals surface area contributed by atoms with Crippen LogP contribution in [0.3, 0.4) is 0 Å². The molecule has 0 bridgehead atoms. The molecule has 0 radical (unpaired) electrons. The van der Waals surface area contributed by atoms with Crippen LogP contribution in [-0.2, 0) is 17.0 Å². The van der Waals surface area contributed by atoms with E-state index in [4.69, 9.17) is 9.72 Å². The summed E-state index contributed by atoms with van der Waals surface area (Å²) in [4.78, 5) is 21.5. The van der Waals surface area contributed by atoms with E-state index in [0.717, 1.165) is 28.3 Å². The molecule has 8 heteroatoms. The summed E-state index contributed by atoms with van der Waals surface area (Å²) in [6.07, 6.45) is 2.51. The number of ether oxygens (including phenoxy) is 1. The van der Waals surface area contributed by atoms with Crippen molar-refractivity contribution in [3.63, 3.8) is 0 Å². The Morgan fingerprint density at radius 1 is 1.12 bits per heavy atom. The number of nitrogens with zero attached hydrogens (tertiary/aromatic N) is 3. The van der Waals surface area contributed by atoms with Crippen LogP contribution in [0.4, 0.5) is 4.39 Å². The summed E-state index contributed by atoms with van der Waals surface area (Å²) in [6.45, 7) is 1.73. The number of aromatic nitrogens is 3. The molecule has 4 aromatic rings. The molecule has 33 heavy (non-hydrogen) atoms. The summed E-state index contributed by atoms with van der Waals surface area (Å²) in [5.74, 6) is 0.147. The maximum absolute atomic E-state index is 14.1. The fraction of sp³-hybridized carbons (Fsp3) is 0.240. The number of amides is 1. The quantitative estimate of drug-likeness (QED) is 0.273. The molecule has 2 heterocycles. The number of nitrogens with one attached hydrogen (secondary N) is 1. The highest BCUT2D eigenvalue weighted by molar-refractivity contribution is 7.98. The van der Waals surface area contributed by atoms with Gasteiger partial charge in [-0.3, -0.25) is 9.36 Å². The Kier molecular flexibility index (Phi) is 7.70. The van der Waals surface area contributed by atoms with Gasteiger partial charge in [0.2, 0.25) is 0 Å². The number of hydrogen-bond acceptors (Lipinski definition) is 5. The average molecular weight is 465 g/mol. The number of halogens is 1. The average Bonchev–Trinajstić information content (AvgIpc) is 3.19. The van der Waals surface area contributed by atoms with Crippen LogP contribution < -0.4 is 5.32 Å². The first-order chi connectivity index (χ1) is 16.2. The van der Waals surface area contributed by atoms with Crippen molar-refractivity contribution in [2.75, 3.05) is 20.3 Å². The van der Waals surface area contributed by atoms with Crippen molar-refractivity contribution in [1.82, 2.24) is 19.9 Å². The van der Waals surface area contributed by atoms with Gasteiger partial charge in [-0.25, -0.2) is 14.4 Å². The predicted octanol–water partition coefficient (Wildman–Crippen LogP) is 4.68. The van der Waals surface area contributed by atoms with Gasteiger partial charge in [0.05, 0.1) is 6.54 Å². The van der Waals surface area contributed by atoms with E-state index in [0.29, 0.717) is 36.6 Å². The van der Waals surface area contributed by atoms with E-state index in [1.165, 1.54) is 17.8 Å². The van der Waals surface area contributed by atoms with Gasteiger partial charge in [-0.15, -0.1) is 0 Å². The third-order valence-corrected chi connectivity index (χ3v) is 6.18. The topological polar surface area (TPSA) is 69.0 Å². The van der Waals surface area contributed by atoms with Crippen molar-refractivity contribution in [2.24, 2.45) is 0 Å². The first-order valence-corrected chi connectivity index (χ1v) is 11.7. The Morgan fingerprint density at radius 2 is 1.94 bits per heavy atom. The zero-order chi connectivity index (χ0) is 23.0. The lowest BCUT2D eigenvalue weighted by atomic mass is 10.1. The normalized spacial score (nSPS) is 11.1. The highest BCUT2D eigenvalue weighted by Gasteiger charge is 2.14. The summed E-state index contributed by atoms with van der Waals surface area (Å²) in [6, 6.07) is 18.1. The van der Waals surface area contributed by atoms with E-state index >= 15 is 0 Å². The van der Waals surface area contributed by atoms with Gasteiger partial charge in [0.25, 0.3) is 5.91 Å². The van der Waals surface area contributed by atoms with Crippen LogP contribution in [0.15, 0.2) is 72.0 Å². The molecule has 0 aliphatic rings. The highest BCUT2D eigenvalue weighted by Crippen LogP contribution is 2.27. The number of carbonyl (C=O) groups excluding carboxylic acids is 1. The van der Waals surface area contributed by atoms with Crippen molar-refractivity contribution in [1.29, 1.82) is 0 Å². The van der Waals surface area contributed by atoms with Crippen LogP contribution in [0, 0.1) is 5.82 Å². The number of pyridine rings is 1. The Bertz CT molecular complexity index is 1230. The van der Waals surface area contributed by atoms with Gasteiger partial charge in [-0.05, 0) is 47.9 Å². The molecule has 0 aliphatic carbocycles. The third kappa shape index (κ3) is 5.77. The Morgan fingerprint density at radius 3 is 2.73 bits per heavy atom. The summed E-state index contributed by atoms with van der Waals surface area (Å²) in [5, 5.41) is 3.66. The molecule has 2 aromatic carbocycles. The molecule has 4 rings (SSSR count). The molecule has 0 aliphatic heterocycles. The van der Waals surface area contributed by atoms with Crippen LogP contribution in [0.2, 0.25) is 0 Å². The molecular weight excluding hydrogens is 439 g/mol. The van der Waals surface area contributed by atoms with Gasteiger partial charge in [-0.2, -0.15) is 0 Å². The van der Waals surface area contributed by atoms with E-state index in [9.17, 15) is 9.18 Å². The van der Waals surface area contributed by atoms with Crippen LogP contribution in [0.5, 0.6) is 0 Å². The van der Waals surface area contributed by atoms with Crippen molar-refractivity contribution < 1.29 is 13.9 Å². The molecule has 1 amide bonds. The number of hydrogen-bond donors (Lipinski definition) is 1. The molecule has 0 saturated carbocycles. The van der Waals surface area contributed by atoms with Crippen molar-refractivity contribution in [3.8, 4) is 0 Å². The summed E-state index contributed by atoms with van der Waals surface area (Å²) >= 11 is 1.48. The molecule has 6 nitrogen and oxygen atoms in total. The number of benzene rings is 2. The predicted molar refractivity (Wildman–Crippen MR) is 128 cm³/mol. The third-order valence-electron chi connectivity index (χ3n) is 5.15. The Hall–Kier alpha value is -3.23. The monoisotopic (exact) mass is 464 g/mol. The molecule has 2 aromatic heterocycles. The molecule has 0 atom stereocenters. The van der Waals surface area contributed by atoms with Gasteiger partial charge in [-0.1, -0.05) is 42.1 Å². The molecule has 0 saturated heterocycles. The molecule has 1 N–H and O–H groups in total. The fourth-order valence-corrected chi connectivity index (χ4v) is 4.40. The standard InChI is InChI=1S/C25H25FN4O2S/c1-32-15-5-14-28-24(31)19-11-9-18(10-12-19)16-30-23-22(8-4-13-27-23)29-25(30)33-17-20-6-2-3-7-21(20)26/h2-4,6-13H,5,14-17H2,1H3,(H,28,31). The first kappa shape index (κ1) is 22.9.